The fourth-order valence-corrected chi connectivity index (χ4v) is 4.07. The second kappa shape index (κ2) is 13.5. The fourth-order valence-electron chi connectivity index (χ4n) is 4.07. The summed E-state index contributed by atoms with van der Waals surface area (Å²) in [5, 5.41) is 16.5. The van der Waals surface area contributed by atoms with Crippen LogP contribution in [0.4, 0.5) is 10.5 Å². The molecule has 0 saturated heterocycles. The molecule has 2 amide bonds. The second-order valence-electron chi connectivity index (χ2n) is 10.6. The zero-order chi connectivity index (χ0) is 24.1. The third-order valence-corrected chi connectivity index (χ3v) is 5.71. The third-order valence-electron chi connectivity index (χ3n) is 5.71. The second-order valence-corrected chi connectivity index (χ2v) is 10.6. The summed E-state index contributed by atoms with van der Waals surface area (Å²) in [6, 6.07) is 7.07. The number of para-hydroxylation sites is 1. The van der Waals surface area contributed by atoms with Crippen LogP contribution in [0.3, 0.4) is 0 Å². The number of rotatable bonds is 8. The first kappa shape index (κ1) is 32.4. The topological polar surface area (TPSA) is 117 Å². The SMILES string of the molecule is COC(=O)NC1Cc2ccccc2N(C(=O)CC(C)(C)C[C@H](N)[C@@H](O)CNC(C)(C)C)C1.Cl.Cl. The molecule has 1 unspecified atom stereocenters. The van der Waals surface area contributed by atoms with Gasteiger partial charge in [-0.05, 0) is 50.7 Å². The Labute approximate surface area is 216 Å². The minimum Gasteiger partial charge on any atom is -0.453 e. The van der Waals surface area contributed by atoms with Crippen LogP contribution in [0.25, 0.3) is 0 Å². The number of nitrogens with two attached hydrogens (primary N) is 1. The van der Waals surface area contributed by atoms with Gasteiger partial charge in [0, 0.05) is 36.8 Å². The van der Waals surface area contributed by atoms with Gasteiger partial charge < -0.3 is 31.1 Å². The van der Waals surface area contributed by atoms with Crippen LogP contribution in [0, 0.1) is 5.41 Å². The number of anilines is 1. The first-order chi connectivity index (χ1) is 14.8. The van der Waals surface area contributed by atoms with Crippen molar-refractivity contribution in [3.05, 3.63) is 29.8 Å². The maximum Gasteiger partial charge on any atom is 0.407 e. The minimum atomic E-state index is -0.701. The Morgan fingerprint density at radius 2 is 1.82 bits per heavy atom. The Balaban J connectivity index is 0.00000544. The summed E-state index contributed by atoms with van der Waals surface area (Å²) >= 11 is 0. The van der Waals surface area contributed by atoms with Crippen molar-refractivity contribution in [2.75, 3.05) is 25.1 Å². The van der Waals surface area contributed by atoms with E-state index in [2.05, 4.69) is 10.6 Å². The minimum absolute atomic E-state index is 0. The lowest BCUT2D eigenvalue weighted by molar-refractivity contribution is -0.120. The molecular weight excluding hydrogens is 479 g/mol. The smallest absolute Gasteiger partial charge is 0.407 e. The molecule has 1 aliphatic rings. The van der Waals surface area contributed by atoms with Crippen LogP contribution in [0.1, 0.15) is 53.0 Å². The monoisotopic (exact) mass is 520 g/mol. The van der Waals surface area contributed by atoms with E-state index in [4.69, 9.17) is 10.5 Å². The zero-order valence-corrected chi connectivity index (χ0v) is 22.7. The van der Waals surface area contributed by atoms with E-state index < -0.39 is 23.7 Å². The van der Waals surface area contributed by atoms with E-state index in [9.17, 15) is 14.7 Å². The van der Waals surface area contributed by atoms with E-state index in [0.29, 0.717) is 25.9 Å². The van der Waals surface area contributed by atoms with Crippen molar-refractivity contribution in [2.45, 2.75) is 77.6 Å². The van der Waals surface area contributed by atoms with E-state index in [1.807, 2.05) is 58.9 Å². The number of alkyl carbamates (subject to hydrolysis) is 1. The summed E-state index contributed by atoms with van der Waals surface area (Å²) in [5.41, 5.74) is 7.64. The number of methoxy groups -OCH3 is 1. The first-order valence-electron chi connectivity index (χ1n) is 11.2. The maximum atomic E-state index is 13.4. The number of fused-ring (bicyclic) bond motifs is 1. The molecule has 8 nitrogen and oxygen atoms in total. The molecule has 1 aromatic carbocycles. The van der Waals surface area contributed by atoms with Gasteiger partial charge >= 0.3 is 6.09 Å². The van der Waals surface area contributed by atoms with E-state index >= 15 is 0 Å². The molecule has 1 aliphatic heterocycles. The fraction of sp³-hybridized carbons (Fsp3) is 0.667. The highest BCUT2D eigenvalue weighted by Gasteiger charge is 2.34. The highest BCUT2D eigenvalue weighted by Crippen LogP contribution is 2.32. The number of amides is 2. The predicted octanol–water partition coefficient (Wildman–Crippen LogP) is 3.03. The number of carbonyl (C=O) groups excluding carboxylic acids is 2. The lowest BCUT2D eigenvalue weighted by Gasteiger charge is -2.37. The van der Waals surface area contributed by atoms with Crippen LogP contribution in [-0.4, -0.2) is 61.0 Å². The number of aliphatic hydroxyl groups excluding tert-OH is 1. The van der Waals surface area contributed by atoms with Gasteiger partial charge in [0.25, 0.3) is 0 Å². The van der Waals surface area contributed by atoms with Crippen molar-refractivity contribution in [3.63, 3.8) is 0 Å². The molecule has 0 radical (unpaired) electrons. The molecule has 10 heteroatoms. The summed E-state index contributed by atoms with van der Waals surface area (Å²) < 4.78 is 4.73. The highest BCUT2D eigenvalue weighted by molar-refractivity contribution is 5.95. The molecule has 0 spiro atoms. The number of hydrogen-bond donors (Lipinski definition) is 4. The number of nitrogens with zero attached hydrogens (tertiary/aromatic N) is 1. The van der Waals surface area contributed by atoms with Gasteiger partial charge in [-0.15, -0.1) is 24.8 Å². The summed E-state index contributed by atoms with van der Waals surface area (Å²) in [7, 11) is 1.33. The van der Waals surface area contributed by atoms with Crippen LogP contribution in [0.5, 0.6) is 0 Å². The van der Waals surface area contributed by atoms with Crippen molar-refractivity contribution in [2.24, 2.45) is 11.1 Å². The molecule has 0 aromatic heterocycles. The van der Waals surface area contributed by atoms with Gasteiger partial charge in [-0.2, -0.15) is 0 Å². The standard InChI is InChI=1S/C24H40N4O4.2ClH/c1-23(2,3)26-14-20(29)18(25)12-24(4,5)13-21(30)28-15-17(27-22(31)32-6)11-16-9-7-8-10-19(16)28;;/h7-10,17-18,20,26,29H,11-15,25H2,1-6H3,(H,27,31);2*1H/t17?,18-,20-;;/m0../s1. The average Bonchev–Trinajstić information content (AvgIpc) is 2.69. The van der Waals surface area contributed by atoms with Crippen LogP contribution >= 0.6 is 24.8 Å². The Bertz CT molecular complexity index is 801. The molecule has 5 N–H and O–H groups in total. The number of ether oxygens (including phenoxy) is 1. The molecule has 3 atom stereocenters. The molecule has 0 bridgehead atoms. The van der Waals surface area contributed by atoms with Crippen LogP contribution < -0.4 is 21.3 Å². The average molecular weight is 522 g/mol. The zero-order valence-electron chi connectivity index (χ0n) is 21.1. The number of hydrogen-bond acceptors (Lipinski definition) is 6. The van der Waals surface area contributed by atoms with E-state index in [1.165, 1.54) is 7.11 Å². The largest absolute Gasteiger partial charge is 0.453 e. The van der Waals surface area contributed by atoms with Gasteiger partial charge in [0.15, 0.2) is 0 Å². The lowest BCUT2D eigenvalue weighted by Crippen LogP contribution is -2.51. The van der Waals surface area contributed by atoms with Crippen molar-refractivity contribution >= 4 is 42.5 Å². The third kappa shape index (κ3) is 9.96. The number of benzene rings is 1. The van der Waals surface area contributed by atoms with E-state index in [-0.39, 0.29) is 48.7 Å². The molecule has 0 saturated carbocycles. The molecule has 1 heterocycles. The maximum absolute atomic E-state index is 13.4. The Kier molecular flexibility index (Phi) is 12.9. The van der Waals surface area contributed by atoms with Gasteiger partial charge in [0.2, 0.25) is 5.91 Å². The predicted molar refractivity (Wildman–Crippen MR) is 141 cm³/mol. The molecule has 0 aliphatic carbocycles. The van der Waals surface area contributed by atoms with Gasteiger partial charge in [0.1, 0.15) is 0 Å². The summed E-state index contributed by atoms with van der Waals surface area (Å²) in [4.78, 5) is 26.8. The van der Waals surface area contributed by atoms with E-state index in [0.717, 1.165) is 11.3 Å². The number of nitrogens with one attached hydrogen (secondary N) is 2. The molecule has 2 rings (SSSR count). The number of β-amino-alcohol motifs (C(OH)–C–C–N with tert-alkyl or cyclic N) is 1. The number of carbonyl (C=O) groups is 2. The van der Waals surface area contributed by atoms with E-state index in [1.54, 1.807) is 4.90 Å². The lowest BCUT2D eigenvalue weighted by atomic mass is 9.80. The summed E-state index contributed by atoms with van der Waals surface area (Å²) in [6.45, 7) is 10.9. The molecule has 0 fully saturated rings. The van der Waals surface area contributed by atoms with Gasteiger partial charge in [-0.25, -0.2) is 4.79 Å². The molecule has 34 heavy (non-hydrogen) atoms. The van der Waals surface area contributed by atoms with Crippen LogP contribution in [0.15, 0.2) is 24.3 Å². The Morgan fingerprint density at radius 3 is 2.41 bits per heavy atom. The molecule has 1 aromatic rings. The first-order valence-corrected chi connectivity index (χ1v) is 11.2. The summed E-state index contributed by atoms with van der Waals surface area (Å²) in [6.07, 6.45) is 0.208. The van der Waals surface area contributed by atoms with Crippen molar-refractivity contribution in [1.82, 2.24) is 10.6 Å². The molecule has 196 valence electrons. The number of aliphatic hydroxyl groups is 1. The highest BCUT2D eigenvalue weighted by atomic mass is 35.5. The van der Waals surface area contributed by atoms with Crippen molar-refractivity contribution < 1.29 is 19.4 Å². The Morgan fingerprint density at radius 1 is 1.21 bits per heavy atom. The van der Waals surface area contributed by atoms with Crippen molar-refractivity contribution in [1.29, 1.82) is 0 Å². The Hall–Kier alpha value is -1.58. The van der Waals surface area contributed by atoms with Crippen LogP contribution in [-0.2, 0) is 16.0 Å². The van der Waals surface area contributed by atoms with Crippen LogP contribution in [0.2, 0.25) is 0 Å². The quantitative estimate of drug-likeness (QED) is 0.418. The summed E-state index contributed by atoms with van der Waals surface area (Å²) in [5.74, 6) is -0.0340. The van der Waals surface area contributed by atoms with Crippen molar-refractivity contribution in [3.8, 4) is 0 Å². The normalized spacial score (nSPS) is 17.4. The van der Waals surface area contributed by atoms with Gasteiger partial charge in [-0.3, -0.25) is 4.79 Å². The number of halogens is 2. The molecular formula is C24H42Cl2N4O4. The van der Waals surface area contributed by atoms with Gasteiger partial charge in [-0.1, -0.05) is 32.0 Å². The van der Waals surface area contributed by atoms with Gasteiger partial charge in [0.05, 0.1) is 19.3 Å².